The fourth-order valence-electron chi connectivity index (χ4n) is 3.23. The Labute approximate surface area is 175 Å². The summed E-state index contributed by atoms with van der Waals surface area (Å²) in [4.78, 5) is 26.5. The zero-order chi connectivity index (χ0) is 20.9. The van der Waals surface area contributed by atoms with E-state index < -0.39 is 9.84 Å². The van der Waals surface area contributed by atoms with Crippen LogP contribution in [0.25, 0.3) is 0 Å². The molecule has 8 heteroatoms. The molecule has 0 radical (unpaired) electrons. The predicted octanol–water partition coefficient (Wildman–Crippen LogP) is 3.58. The average Bonchev–Trinajstić information content (AvgIpc) is 3.27. The van der Waals surface area contributed by atoms with Crippen LogP contribution in [0.4, 0.5) is 0 Å². The summed E-state index contributed by atoms with van der Waals surface area (Å²) >= 11 is 1.36. The second-order valence-corrected chi connectivity index (χ2v) is 10.3. The van der Waals surface area contributed by atoms with Crippen molar-refractivity contribution in [2.75, 3.05) is 5.75 Å². The van der Waals surface area contributed by atoms with Crippen LogP contribution < -0.4 is 10.9 Å². The number of rotatable bonds is 6. The summed E-state index contributed by atoms with van der Waals surface area (Å²) in [5.41, 5.74) is 5.48. The van der Waals surface area contributed by atoms with Crippen LogP contribution in [0.5, 0.6) is 0 Å². The van der Waals surface area contributed by atoms with Gasteiger partial charge in [0.15, 0.2) is 9.84 Å². The molecule has 0 atom stereocenters. The number of sulfone groups is 1. The Morgan fingerprint density at radius 2 is 1.66 bits per heavy atom. The van der Waals surface area contributed by atoms with E-state index in [9.17, 15) is 18.0 Å². The van der Waals surface area contributed by atoms with Crippen LogP contribution in [0.2, 0.25) is 0 Å². The molecule has 3 rings (SSSR count). The molecule has 1 aliphatic carbocycles. The third-order valence-electron chi connectivity index (χ3n) is 4.95. The molecular formula is C21H24N2O4S2. The van der Waals surface area contributed by atoms with Crippen molar-refractivity contribution in [3.63, 3.8) is 0 Å². The number of hydrazine groups is 1. The lowest BCUT2D eigenvalue weighted by Gasteiger charge is -2.13. The molecule has 1 aliphatic rings. The van der Waals surface area contributed by atoms with E-state index in [1.165, 1.54) is 11.8 Å². The summed E-state index contributed by atoms with van der Waals surface area (Å²) < 4.78 is 23.9. The highest BCUT2D eigenvalue weighted by molar-refractivity contribution is 7.99. The second kappa shape index (κ2) is 9.45. The first kappa shape index (κ1) is 21.4. The first-order valence-corrected chi connectivity index (χ1v) is 12.1. The monoisotopic (exact) mass is 432 g/mol. The average molecular weight is 433 g/mol. The fraction of sp³-hybridized carbons (Fsp3) is 0.333. The highest BCUT2D eigenvalue weighted by atomic mass is 32.2. The van der Waals surface area contributed by atoms with Crippen LogP contribution in [0.15, 0.2) is 63.2 Å². The van der Waals surface area contributed by atoms with Crippen LogP contribution in [0, 0.1) is 5.92 Å². The van der Waals surface area contributed by atoms with Gasteiger partial charge in [-0.15, -0.1) is 0 Å². The van der Waals surface area contributed by atoms with Gasteiger partial charge in [0.05, 0.1) is 16.2 Å². The maximum absolute atomic E-state index is 12.6. The Kier molecular flexibility index (Phi) is 6.97. The third-order valence-corrected chi connectivity index (χ3v) is 7.78. The Morgan fingerprint density at radius 1 is 1.00 bits per heavy atom. The zero-order valence-corrected chi connectivity index (χ0v) is 17.8. The standard InChI is InChI=1S/C21H24N2O4S2/c1-2-29(26,27)17-13-11-16(12-14-17)28-19-10-6-5-9-18(19)21(25)23-22-20(24)15-7-3-4-8-15/h5-6,9-15H,2-4,7-8H2,1H3,(H,22,24)(H,23,25). The summed E-state index contributed by atoms with van der Waals surface area (Å²) in [5.74, 6) is -0.508. The van der Waals surface area contributed by atoms with E-state index in [0.29, 0.717) is 10.5 Å². The molecule has 154 valence electrons. The van der Waals surface area contributed by atoms with Gasteiger partial charge in [0.1, 0.15) is 0 Å². The molecule has 29 heavy (non-hydrogen) atoms. The van der Waals surface area contributed by atoms with Crippen molar-refractivity contribution in [1.29, 1.82) is 0 Å². The van der Waals surface area contributed by atoms with E-state index in [-0.39, 0.29) is 28.4 Å². The predicted molar refractivity (Wildman–Crippen MR) is 112 cm³/mol. The maximum Gasteiger partial charge on any atom is 0.270 e. The zero-order valence-electron chi connectivity index (χ0n) is 16.2. The van der Waals surface area contributed by atoms with Crippen molar-refractivity contribution >= 4 is 33.4 Å². The van der Waals surface area contributed by atoms with E-state index in [1.54, 1.807) is 43.3 Å². The fourth-order valence-corrected chi connectivity index (χ4v) is 5.06. The van der Waals surface area contributed by atoms with Gasteiger partial charge in [0.2, 0.25) is 5.91 Å². The minimum atomic E-state index is -3.25. The number of amides is 2. The van der Waals surface area contributed by atoms with Crippen LogP contribution in [0.3, 0.4) is 0 Å². The number of nitrogens with one attached hydrogen (secondary N) is 2. The summed E-state index contributed by atoms with van der Waals surface area (Å²) in [6.07, 6.45) is 3.81. The molecular weight excluding hydrogens is 408 g/mol. The molecule has 1 saturated carbocycles. The summed E-state index contributed by atoms with van der Waals surface area (Å²) in [7, 11) is -3.25. The van der Waals surface area contributed by atoms with Crippen molar-refractivity contribution < 1.29 is 18.0 Å². The van der Waals surface area contributed by atoms with Crippen molar-refractivity contribution in [2.24, 2.45) is 5.92 Å². The Bertz CT molecular complexity index is 982. The van der Waals surface area contributed by atoms with Gasteiger partial charge in [-0.3, -0.25) is 20.4 Å². The molecule has 2 aromatic carbocycles. The molecule has 0 spiro atoms. The molecule has 2 amide bonds. The van der Waals surface area contributed by atoms with Gasteiger partial charge < -0.3 is 0 Å². The molecule has 0 bridgehead atoms. The number of benzene rings is 2. The molecule has 0 saturated heterocycles. The minimum absolute atomic E-state index is 0.0298. The minimum Gasteiger partial charge on any atom is -0.273 e. The molecule has 2 N–H and O–H groups in total. The summed E-state index contributed by atoms with van der Waals surface area (Å²) in [6, 6.07) is 13.7. The molecule has 0 aromatic heterocycles. The largest absolute Gasteiger partial charge is 0.273 e. The van der Waals surface area contributed by atoms with Crippen molar-refractivity contribution in [3.8, 4) is 0 Å². The van der Waals surface area contributed by atoms with Gasteiger partial charge in [-0.2, -0.15) is 0 Å². The molecule has 0 aliphatic heterocycles. The van der Waals surface area contributed by atoms with Crippen LogP contribution in [-0.2, 0) is 14.6 Å². The summed E-state index contributed by atoms with van der Waals surface area (Å²) in [5, 5.41) is 0. The van der Waals surface area contributed by atoms with E-state index in [2.05, 4.69) is 10.9 Å². The molecule has 1 fully saturated rings. The normalized spacial score (nSPS) is 14.5. The lowest BCUT2D eigenvalue weighted by Crippen LogP contribution is -2.44. The number of carbonyl (C=O) groups is 2. The van der Waals surface area contributed by atoms with Crippen LogP contribution in [-0.4, -0.2) is 26.0 Å². The highest BCUT2D eigenvalue weighted by Gasteiger charge is 2.23. The Hall–Kier alpha value is -2.32. The lowest BCUT2D eigenvalue weighted by atomic mass is 10.1. The van der Waals surface area contributed by atoms with Crippen molar-refractivity contribution in [1.82, 2.24) is 10.9 Å². The van der Waals surface area contributed by atoms with E-state index in [1.807, 2.05) is 12.1 Å². The second-order valence-electron chi connectivity index (χ2n) is 6.90. The topological polar surface area (TPSA) is 92.3 Å². The number of hydrogen-bond acceptors (Lipinski definition) is 5. The van der Waals surface area contributed by atoms with Gasteiger partial charge in [0.25, 0.3) is 5.91 Å². The van der Waals surface area contributed by atoms with Gasteiger partial charge in [-0.25, -0.2) is 8.42 Å². The van der Waals surface area contributed by atoms with E-state index in [0.717, 1.165) is 30.6 Å². The lowest BCUT2D eigenvalue weighted by molar-refractivity contribution is -0.125. The molecule has 0 heterocycles. The number of hydrogen-bond donors (Lipinski definition) is 2. The highest BCUT2D eigenvalue weighted by Crippen LogP contribution is 2.31. The van der Waals surface area contributed by atoms with Crippen molar-refractivity contribution in [3.05, 3.63) is 54.1 Å². The summed E-state index contributed by atoms with van der Waals surface area (Å²) in [6.45, 7) is 1.61. The maximum atomic E-state index is 12.6. The third kappa shape index (κ3) is 5.39. The smallest absolute Gasteiger partial charge is 0.270 e. The van der Waals surface area contributed by atoms with Gasteiger partial charge in [-0.1, -0.05) is 43.7 Å². The van der Waals surface area contributed by atoms with Gasteiger partial charge in [-0.05, 0) is 49.2 Å². The molecule has 2 aromatic rings. The van der Waals surface area contributed by atoms with E-state index >= 15 is 0 Å². The molecule has 6 nitrogen and oxygen atoms in total. The van der Waals surface area contributed by atoms with Gasteiger partial charge >= 0.3 is 0 Å². The molecule has 0 unspecified atom stereocenters. The van der Waals surface area contributed by atoms with Gasteiger partial charge in [0, 0.05) is 15.7 Å². The Balaban J connectivity index is 1.68. The quantitative estimate of drug-likeness (QED) is 0.681. The Morgan fingerprint density at radius 3 is 2.31 bits per heavy atom. The van der Waals surface area contributed by atoms with E-state index in [4.69, 9.17) is 0 Å². The van der Waals surface area contributed by atoms with Crippen LogP contribution in [0.1, 0.15) is 43.0 Å². The van der Waals surface area contributed by atoms with Crippen LogP contribution >= 0.6 is 11.8 Å². The van der Waals surface area contributed by atoms with Crippen molar-refractivity contribution in [2.45, 2.75) is 47.3 Å². The SMILES string of the molecule is CCS(=O)(=O)c1ccc(Sc2ccccc2C(=O)NNC(=O)C2CCCC2)cc1. The first-order chi connectivity index (χ1) is 13.9. The first-order valence-electron chi connectivity index (χ1n) is 9.60. The number of carbonyl (C=O) groups excluding carboxylic acids is 2.